The molecule has 0 aliphatic carbocycles. The minimum absolute atomic E-state index is 0.0339. The number of aromatic nitrogens is 2. The molecule has 2 aromatic rings. The standard InChI is InChI=1S/C17H21N3O2S3/c1-5-23-16-19-20-17(25-16)24-11(4)14(21)12-6-8-13(9-7-12)18-15(22)10(2)3/h6-11H,5H2,1-4H3,(H,18,22)/t11-/m1/s1. The number of amides is 1. The van der Waals surface area contributed by atoms with E-state index in [1.54, 1.807) is 36.0 Å². The minimum Gasteiger partial charge on any atom is -0.326 e. The zero-order chi connectivity index (χ0) is 18.4. The van der Waals surface area contributed by atoms with Gasteiger partial charge in [0.05, 0.1) is 5.25 Å². The molecular formula is C17H21N3O2S3. The number of benzene rings is 1. The van der Waals surface area contributed by atoms with E-state index in [-0.39, 0.29) is 22.9 Å². The monoisotopic (exact) mass is 395 g/mol. The van der Waals surface area contributed by atoms with Gasteiger partial charge < -0.3 is 5.32 Å². The summed E-state index contributed by atoms with van der Waals surface area (Å²) in [5.74, 6) is 0.861. The summed E-state index contributed by atoms with van der Waals surface area (Å²) in [6.07, 6.45) is 0. The van der Waals surface area contributed by atoms with Crippen LogP contribution in [0.15, 0.2) is 32.9 Å². The largest absolute Gasteiger partial charge is 0.326 e. The maximum absolute atomic E-state index is 12.6. The summed E-state index contributed by atoms with van der Waals surface area (Å²) < 4.78 is 1.73. The lowest BCUT2D eigenvalue weighted by molar-refractivity contribution is -0.118. The number of hydrogen-bond donors (Lipinski definition) is 1. The van der Waals surface area contributed by atoms with Crippen molar-refractivity contribution in [2.75, 3.05) is 11.1 Å². The van der Waals surface area contributed by atoms with E-state index in [2.05, 4.69) is 22.4 Å². The minimum atomic E-state index is -0.247. The molecule has 1 N–H and O–H groups in total. The third-order valence-electron chi connectivity index (χ3n) is 3.26. The number of rotatable bonds is 8. The normalized spacial score (nSPS) is 12.2. The summed E-state index contributed by atoms with van der Waals surface area (Å²) in [7, 11) is 0. The molecule has 0 radical (unpaired) electrons. The van der Waals surface area contributed by atoms with Crippen molar-refractivity contribution in [1.29, 1.82) is 0 Å². The van der Waals surface area contributed by atoms with Gasteiger partial charge in [-0.3, -0.25) is 9.59 Å². The fraction of sp³-hybridized carbons (Fsp3) is 0.412. The molecule has 2 rings (SSSR count). The number of ketones is 1. The van der Waals surface area contributed by atoms with Crippen LogP contribution in [0.2, 0.25) is 0 Å². The van der Waals surface area contributed by atoms with Gasteiger partial charge in [-0.2, -0.15) is 0 Å². The van der Waals surface area contributed by atoms with Crippen molar-refractivity contribution >= 4 is 52.2 Å². The molecule has 134 valence electrons. The lowest BCUT2D eigenvalue weighted by Gasteiger charge is -2.10. The second kappa shape index (κ2) is 9.35. The van der Waals surface area contributed by atoms with Crippen LogP contribution in [-0.4, -0.2) is 32.9 Å². The van der Waals surface area contributed by atoms with Gasteiger partial charge >= 0.3 is 0 Å². The van der Waals surface area contributed by atoms with Crippen LogP contribution in [0, 0.1) is 5.92 Å². The second-order valence-electron chi connectivity index (χ2n) is 5.61. The molecular weight excluding hydrogens is 374 g/mol. The summed E-state index contributed by atoms with van der Waals surface area (Å²) in [5, 5.41) is 10.8. The van der Waals surface area contributed by atoms with Crippen LogP contribution in [0.25, 0.3) is 0 Å². The Morgan fingerprint density at radius 2 is 1.76 bits per heavy atom. The number of carbonyl (C=O) groups excluding carboxylic acids is 2. The quantitative estimate of drug-likeness (QED) is 0.520. The van der Waals surface area contributed by atoms with Crippen LogP contribution < -0.4 is 5.32 Å². The number of Topliss-reactive ketones (excluding diaryl/α,β-unsaturated/α-hetero) is 1. The number of nitrogens with zero attached hydrogens (tertiary/aromatic N) is 2. The van der Waals surface area contributed by atoms with Gasteiger partial charge in [0.15, 0.2) is 14.5 Å². The molecule has 1 aromatic heterocycles. The Hall–Kier alpha value is -1.38. The van der Waals surface area contributed by atoms with E-state index in [4.69, 9.17) is 0 Å². The van der Waals surface area contributed by atoms with Gasteiger partial charge in [-0.05, 0) is 36.9 Å². The first-order valence-corrected chi connectivity index (χ1v) is 10.7. The maximum Gasteiger partial charge on any atom is 0.226 e. The smallest absolute Gasteiger partial charge is 0.226 e. The molecule has 1 heterocycles. The van der Waals surface area contributed by atoms with Crippen LogP contribution in [0.5, 0.6) is 0 Å². The average molecular weight is 396 g/mol. The van der Waals surface area contributed by atoms with Crippen LogP contribution in [0.3, 0.4) is 0 Å². The highest BCUT2D eigenvalue weighted by atomic mass is 32.2. The van der Waals surface area contributed by atoms with E-state index >= 15 is 0 Å². The molecule has 0 saturated heterocycles. The first-order valence-electron chi connectivity index (χ1n) is 7.98. The maximum atomic E-state index is 12.6. The highest BCUT2D eigenvalue weighted by Crippen LogP contribution is 2.32. The number of carbonyl (C=O) groups is 2. The van der Waals surface area contributed by atoms with Gasteiger partial charge in [0.25, 0.3) is 0 Å². The Bertz CT molecular complexity index is 729. The fourth-order valence-corrected chi connectivity index (χ4v) is 5.01. The lowest BCUT2D eigenvalue weighted by atomic mass is 10.1. The predicted molar refractivity (Wildman–Crippen MR) is 106 cm³/mol. The number of anilines is 1. The third kappa shape index (κ3) is 5.83. The molecule has 1 atom stereocenters. The van der Waals surface area contributed by atoms with Crippen molar-refractivity contribution in [2.24, 2.45) is 5.92 Å². The zero-order valence-electron chi connectivity index (χ0n) is 14.6. The Kier molecular flexibility index (Phi) is 7.46. The van der Waals surface area contributed by atoms with Crippen LogP contribution in [0.1, 0.15) is 38.1 Å². The van der Waals surface area contributed by atoms with Gasteiger partial charge in [-0.1, -0.05) is 55.6 Å². The summed E-state index contributed by atoms with van der Waals surface area (Å²) in [6.45, 7) is 7.61. The van der Waals surface area contributed by atoms with Crippen LogP contribution in [-0.2, 0) is 4.79 Å². The van der Waals surface area contributed by atoms with E-state index in [1.165, 1.54) is 23.1 Å². The van der Waals surface area contributed by atoms with Crippen LogP contribution in [0.4, 0.5) is 5.69 Å². The van der Waals surface area contributed by atoms with E-state index in [9.17, 15) is 9.59 Å². The molecule has 1 aromatic carbocycles. The number of thioether (sulfide) groups is 2. The molecule has 0 spiro atoms. The van der Waals surface area contributed by atoms with Crippen molar-refractivity contribution < 1.29 is 9.59 Å². The highest BCUT2D eigenvalue weighted by molar-refractivity contribution is 8.03. The first kappa shape index (κ1) is 19.9. The van der Waals surface area contributed by atoms with Gasteiger partial charge in [-0.15, -0.1) is 10.2 Å². The summed E-state index contributed by atoms with van der Waals surface area (Å²) in [6, 6.07) is 7.00. The van der Waals surface area contributed by atoms with Gasteiger partial charge in [-0.25, -0.2) is 0 Å². The van der Waals surface area contributed by atoms with Crippen LogP contribution >= 0.6 is 34.9 Å². The predicted octanol–water partition coefficient (Wildman–Crippen LogP) is 4.61. The Morgan fingerprint density at radius 3 is 2.36 bits per heavy atom. The lowest BCUT2D eigenvalue weighted by Crippen LogP contribution is -2.18. The van der Waals surface area contributed by atoms with E-state index in [0.29, 0.717) is 11.3 Å². The summed E-state index contributed by atoms with van der Waals surface area (Å²) in [4.78, 5) is 24.3. The molecule has 1 amide bonds. The highest BCUT2D eigenvalue weighted by Gasteiger charge is 2.19. The van der Waals surface area contributed by atoms with Gasteiger partial charge in [0.1, 0.15) is 0 Å². The van der Waals surface area contributed by atoms with Gasteiger partial charge in [0.2, 0.25) is 5.91 Å². The fourth-order valence-electron chi connectivity index (χ4n) is 1.87. The molecule has 5 nitrogen and oxygen atoms in total. The molecule has 0 aliphatic heterocycles. The molecule has 0 unspecified atom stereocenters. The molecule has 0 fully saturated rings. The van der Waals surface area contributed by atoms with Crippen molar-refractivity contribution in [1.82, 2.24) is 10.2 Å². The average Bonchev–Trinajstić information content (AvgIpc) is 3.02. The first-order chi connectivity index (χ1) is 11.9. The molecule has 0 bridgehead atoms. The van der Waals surface area contributed by atoms with Crippen molar-refractivity contribution in [3.05, 3.63) is 29.8 Å². The van der Waals surface area contributed by atoms with E-state index in [1.807, 2.05) is 20.8 Å². The second-order valence-corrected chi connectivity index (χ2v) is 9.69. The SMILES string of the molecule is CCSc1nnc(S[C@H](C)C(=O)c2ccc(NC(=O)C(C)C)cc2)s1. The number of hydrogen-bond acceptors (Lipinski definition) is 7. The van der Waals surface area contributed by atoms with Gasteiger partial charge in [0, 0.05) is 17.2 Å². The molecule has 25 heavy (non-hydrogen) atoms. The Morgan fingerprint density at radius 1 is 1.12 bits per heavy atom. The third-order valence-corrected chi connectivity index (χ3v) is 6.39. The van der Waals surface area contributed by atoms with Crippen molar-refractivity contribution in [2.45, 2.75) is 41.6 Å². The number of nitrogens with one attached hydrogen (secondary N) is 1. The van der Waals surface area contributed by atoms with E-state index in [0.717, 1.165) is 14.4 Å². The summed E-state index contributed by atoms with van der Waals surface area (Å²) >= 11 is 4.59. The Balaban J connectivity index is 1.97. The topological polar surface area (TPSA) is 72.0 Å². The van der Waals surface area contributed by atoms with E-state index < -0.39 is 0 Å². The molecule has 0 saturated carbocycles. The molecule has 0 aliphatic rings. The van der Waals surface area contributed by atoms with Crippen molar-refractivity contribution in [3.8, 4) is 0 Å². The zero-order valence-corrected chi connectivity index (χ0v) is 17.1. The molecule has 8 heteroatoms. The summed E-state index contributed by atoms with van der Waals surface area (Å²) in [5.41, 5.74) is 1.32. The van der Waals surface area contributed by atoms with Crippen molar-refractivity contribution in [3.63, 3.8) is 0 Å². The Labute approximate surface area is 160 Å².